The first kappa shape index (κ1) is 19.5. The van der Waals surface area contributed by atoms with Crippen LogP contribution in [0, 0.1) is 0 Å². The number of nitrogens with one attached hydrogen (secondary N) is 1. The van der Waals surface area contributed by atoms with Gasteiger partial charge in [0.05, 0.1) is 0 Å². The molecule has 0 radical (unpaired) electrons. The van der Waals surface area contributed by atoms with E-state index in [2.05, 4.69) is 46.6 Å². The van der Waals surface area contributed by atoms with Gasteiger partial charge in [-0.15, -0.1) is 0 Å². The van der Waals surface area contributed by atoms with Gasteiger partial charge in [0.25, 0.3) is 0 Å². The maximum atomic E-state index is 6.10. The largest absolute Gasteiger partial charge is 0.489 e. The van der Waals surface area contributed by atoms with E-state index in [9.17, 15) is 0 Å². The molecule has 29 heavy (non-hydrogen) atoms. The fourth-order valence-electron chi connectivity index (χ4n) is 3.50. The van der Waals surface area contributed by atoms with E-state index >= 15 is 0 Å². The maximum Gasteiger partial charge on any atom is 0.123 e. The van der Waals surface area contributed by atoms with E-state index in [1.54, 1.807) is 0 Å². The Kier molecular flexibility index (Phi) is 6.79. The van der Waals surface area contributed by atoms with Gasteiger partial charge in [-0.3, -0.25) is 4.90 Å². The van der Waals surface area contributed by atoms with E-state index in [0.717, 1.165) is 55.3 Å². The van der Waals surface area contributed by atoms with Crippen LogP contribution in [-0.4, -0.2) is 31.1 Å². The van der Waals surface area contributed by atoms with Crippen LogP contribution in [0.2, 0.25) is 0 Å². The molecule has 150 valence electrons. The molecular weight excluding hydrogens is 360 g/mol. The highest BCUT2D eigenvalue weighted by Crippen LogP contribution is 2.26. The summed E-state index contributed by atoms with van der Waals surface area (Å²) in [5.41, 5.74) is 3.54. The molecule has 0 spiro atoms. The third-order valence-corrected chi connectivity index (χ3v) is 5.05. The Morgan fingerprint density at radius 1 is 0.655 bits per heavy atom. The van der Waals surface area contributed by atoms with Crippen molar-refractivity contribution in [3.8, 4) is 11.5 Å². The molecule has 4 rings (SSSR count). The van der Waals surface area contributed by atoms with Gasteiger partial charge in [0.15, 0.2) is 0 Å². The van der Waals surface area contributed by atoms with E-state index in [0.29, 0.717) is 13.2 Å². The highest BCUT2D eigenvalue weighted by molar-refractivity contribution is 5.39. The van der Waals surface area contributed by atoms with Gasteiger partial charge in [0.1, 0.15) is 24.7 Å². The molecule has 3 aromatic carbocycles. The van der Waals surface area contributed by atoms with Crippen LogP contribution in [0.5, 0.6) is 11.5 Å². The summed E-state index contributed by atoms with van der Waals surface area (Å²) in [5.74, 6) is 1.70. The molecule has 0 bridgehead atoms. The Balaban J connectivity index is 1.47. The normalized spacial score (nSPS) is 14.5. The predicted octanol–water partition coefficient (Wildman–Crippen LogP) is 4.25. The van der Waals surface area contributed by atoms with Crippen molar-refractivity contribution in [2.75, 3.05) is 26.2 Å². The lowest BCUT2D eigenvalue weighted by atomic mass is 10.1. The molecule has 1 fully saturated rings. The molecular formula is C25H28N2O2. The van der Waals surface area contributed by atoms with Crippen molar-refractivity contribution in [2.45, 2.75) is 19.8 Å². The number of nitrogens with zero attached hydrogens (tertiary/aromatic N) is 1. The minimum Gasteiger partial charge on any atom is -0.489 e. The van der Waals surface area contributed by atoms with Gasteiger partial charge >= 0.3 is 0 Å². The minimum absolute atomic E-state index is 0.552. The summed E-state index contributed by atoms with van der Waals surface area (Å²) in [5, 5.41) is 3.41. The standard InChI is InChI=1S/C25H28N2O2/c1-3-7-21(8-4-1)19-28-24-15-23(18-27-13-11-26-12-14-27)16-25(17-24)29-20-22-9-5-2-6-10-22/h1-10,15-17,26H,11-14,18-20H2. The third kappa shape index (κ3) is 6.08. The number of hydrogen-bond acceptors (Lipinski definition) is 4. The van der Waals surface area contributed by atoms with Gasteiger partial charge in [-0.2, -0.15) is 0 Å². The average molecular weight is 389 g/mol. The molecule has 1 aliphatic rings. The van der Waals surface area contributed by atoms with Crippen LogP contribution in [0.4, 0.5) is 0 Å². The lowest BCUT2D eigenvalue weighted by Gasteiger charge is -2.27. The first-order valence-electron chi connectivity index (χ1n) is 10.3. The van der Waals surface area contributed by atoms with Crippen LogP contribution < -0.4 is 14.8 Å². The Morgan fingerprint density at radius 3 is 1.69 bits per heavy atom. The van der Waals surface area contributed by atoms with Crippen molar-refractivity contribution >= 4 is 0 Å². The zero-order chi connectivity index (χ0) is 19.7. The minimum atomic E-state index is 0.552. The summed E-state index contributed by atoms with van der Waals surface area (Å²) in [7, 11) is 0. The number of benzene rings is 3. The van der Waals surface area contributed by atoms with E-state index < -0.39 is 0 Å². The molecule has 0 amide bonds. The third-order valence-electron chi connectivity index (χ3n) is 5.05. The number of rotatable bonds is 8. The molecule has 0 unspecified atom stereocenters. The van der Waals surface area contributed by atoms with Crippen LogP contribution >= 0.6 is 0 Å². The highest BCUT2D eigenvalue weighted by Gasteiger charge is 2.12. The number of hydrogen-bond donors (Lipinski definition) is 1. The van der Waals surface area contributed by atoms with E-state index in [4.69, 9.17) is 9.47 Å². The highest BCUT2D eigenvalue weighted by atomic mass is 16.5. The molecule has 3 aromatic rings. The van der Waals surface area contributed by atoms with Crippen molar-refractivity contribution in [1.82, 2.24) is 10.2 Å². The molecule has 1 heterocycles. The lowest BCUT2D eigenvalue weighted by Crippen LogP contribution is -2.42. The molecule has 0 aromatic heterocycles. The molecule has 0 atom stereocenters. The Bertz CT molecular complexity index is 816. The van der Waals surface area contributed by atoms with Gasteiger partial charge in [0.2, 0.25) is 0 Å². The number of piperazine rings is 1. The van der Waals surface area contributed by atoms with E-state index in [1.165, 1.54) is 5.56 Å². The van der Waals surface area contributed by atoms with Gasteiger partial charge in [-0.25, -0.2) is 0 Å². The average Bonchev–Trinajstić information content (AvgIpc) is 2.78. The summed E-state index contributed by atoms with van der Waals surface area (Å²) in [4.78, 5) is 2.47. The molecule has 1 N–H and O–H groups in total. The second-order valence-corrected chi connectivity index (χ2v) is 7.39. The second kappa shape index (κ2) is 10.1. The molecule has 4 nitrogen and oxygen atoms in total. The fraction of sp³-hybridized carbons (Fsp3) is 0.280. The van der Waals surface area contributed by atoms with Crippen LogP contribution in [0.3, 0.4) is 0 Å². The zero-order valence-electron chi connectivity index (χ0n) is 16.7. The summed E-state index contributed by atoms with van der Waals surface area (Å²) >= 11 is 0. The van der Waals surface area contributed by atoms with Gasteiger partial charge < -0.3 is 14.8 Å². The molecule has 4 heteroatoms. The summed E-state index contributed by atoms with van der Waals surface area (Å²) in [6.45, 7) is 6.23. The Hall–Kier alpha value is -2.82. The van der Waals surface area contributed by atoms with Crippen molar-refractivity contribution in [1.29, 1.82) is 0 Å². The van der Waals surface area contributed by atoms with Crippen molar-refractivity contribution in [3.05, 3.63) is 95.6 Å². The molecule has 0 aliphatic carbocycles. The van der Waals surface area contributed by atoms with Crippen LogP contribution in [0.15, 0.2) is 78.9 Å². The maximum absolute atomic E-state index is 6.10. The summed E-state index contributed by atoms with van der Waals surface area (Å²) < 4.78 is 12.2. The smallest absolute Gasteiger partial charge is 0.123 e. The lowest BCUT2D eigenvalue weighted by molar-refractivity contribution is 0.231. The molecule has 1 saturated heterocycles. The van der Waals surface area contributed by atoms with E-state index in [-0.39, 0.29) is 0 Å². The second-order valence-electron chi connectivity index (χ2n) is 7.39. The topological polar surface area (TPSA) is 33.7 Å². The van der Waals surface area contributed by atoms with Gasteiger partial charge in [-0.05, 0) is 28.8 Å². The Morgan fingerprint density at radius 2 is 1.17 bits per heavy atom. The van der Waals surface area contributed by atoms with Crippen LogP contribution in [0.1, 0.15) is 16.7 Å². The molecule has 1 aliphatic heterocycles. The van der Waals surface area contributed by atoms with Crippen molar-refractivity contribution in [3.63, 3.8) is 0 Å². The van der Waals surface area contributed by atoms with Crippen LogP contribution in [0.25, 0.3) is 0 Å². The van der Waals surface area contributed by atoms with Gasteiger partial charge in [-0.1, -0.05) is 60.7 Å². The summed E-state index contributed by atoms with van der Waals surface area (Å²) in [6, 6.07) is 26.8. The fourth-order valence-corrected chi connectivity index (χ4v) is 3.50. The quantitative estimate of drug-likeness (QED) is 0.626. The monoisotopic (exact) mass is 388 g/mol. The van der Waals surface area contributed by atoms with Crippen molar-refractivity contribution in [2.24, 2.45) is 0 Å². The van der Waals surface area contributed by atoms with Crippen LogP contribution in [-0.2, 0) is 19.8 Å². The summed E-state index contributed by atoms with van der Waals surface area (Å²) in [6.07, 6.45) is 0. The number of ether oxygens (including phenoxy) is 2. The van der Waals surface area contributed by atoms with Gasteiger partial charge in [0, 0.05) is 38.8 Å². The SMILES string of the molecule is c1ccc(COc2cc(CN3CCNCC3)cc(OCc3ccccc3)c2)cc1. The Labute approximate surface area is 173 Å². The van der Waals surface area contributed by atoms with E-state index in [1.807, 2.05) is 42.5 Å². The zero-order valence-corrected chi connectivity index (χ0v) is 16.7. The molecule has 0 saturated carbocycles. The van der Waals surface area contributed by atoms with Crippen molar-refractivity contribution < 1.29 is 9.47 Å². The predicted molar refractivity (Wildman–Crippen MR) is 116 cm³/mol. The first-order valence-corrected chi connectivity index (χ1v) is 10.3. The first-order chi connectivity index (χ1) is 14.3.